The molecule has 0 saturated heterocycles. The second-order valence-corrected chi connectivity index (χ2v) is 7.02. The molecule has 1 unspecified atom stereocenters. The molecular weight excluding hydrogens is 228 g/mol. The fourth-order valence-corrected chi connectivity index (χ4v) is 3.26. The first-order valence-corrected chi connectivity index (χ1v) is 7.15. The van der Waals surface area contributed by atoms with Crippen molar-refractivity contribution < 1.29 is 4.79 Å². The van der Waals surface area contributed by atoms with Gasteiger partial charge in [-0.3, -0.25) is 4.79 Å². The fourth-order valence-electron chi connectivity index (χ4n) is 2.11. The maximum Gasteiger partial charge on any atom is 0.146 e. The number of carbonyl (C=O) groups excluding carboxylic acids is 1. The van der Waals surface area contributed by atoms with Gasteiger partial charge in [0.1, 0.15) is 5.78 Å². The van der Waals surface area contributed by atoms with Gasteiger partial charge < -0.3 is 0 Å². The maximum atomic E-state index is 11.6. The summed E-state index contributed by atoms with van der Waals surface area (Å²) in [6.07, 6.45) is 2.89. The van der Waals surface area contributed by atoms with Crippen LogP contribution in [0.25, 0.3) is 0 Å². The molecule has 1 atom stereocenters. The molecule has 0 aromatic heterocycles. The number of hydrogen-bond donors (Lipinski definition) is 0. The van der Waals surface area contributed by atoms with Crippen LogP contribution in [0.1, 0.15) is 45.6 Å². The molecule has 1 aromatic carbocycles. The summed E-state index contributed by atoms with van der Waals surface area (Å²) in [7, 11) is 0. The van der Waals surface area contributed by atoms with Crippen LogP contribution < -0.4 is 0 Å². The largest absolute Gasteiger partial charge is 0.298 e. The lowest BCUT2D eigenvalue weighted by molar-refractivity contribution is -0.116. The van der Waals surface area contributed by atoms with Gasteiger partial charge in [0.05, 0.1) is 5.25 Å². The summed E-state index contributed by atoms with van der Waals surface area (Å²) in [5, 5.41) is 0.204. The molecule has 1 aliphatic rings. The minimum Gasteiger partial charge on any atom is -0.298 e. The molecule has 17 heavy (non-hydrogen) atoms. The van der Waals surface area contributed by atoms with Crippen LogP contribution in [0.3, 0.4) is 0 Å². The van der Waals surface area contributed by atoms with Gasteiger partial charge in [-0.1, -0.05) is 32.9 Å². The number of thioether (sulfide) groups is 1. The van der Waals surface area contributed by atoms with Crippen molar-refractivity contribution in [2.75, 3.05) is 0 Å². The van der Waals surface area contributed by atoms with Crippen LogP contribution in [0.5, 0.6) is 0 Å². The Kier molecular flexibility index (Phi) is 3.62. The van der Waals surface area contributed by atoms with Gasteiger partial charge in [-0.2, -0.15) is 0 Å². The molecule has 2 rings (SSSR count). The van der Waals surface area contributed by atoms with Gasteiger partial charge in [0.25, 0.3) is 0 Å². The van der Waals surface area contributed by atoms with Crippen molar-refractivity contribution in [3.05, 3.63) is 29.8 Å². The van der Waals surface area contributed by atoms with E-state index in [4.69, 9.17) is 0 Å². The van der Waals surface area contributed by atoms with Crippen molar-refractivity contribution in [1.82, 2.24) is 0 Å². The number of Topliss-reactive ketones (excluding diaryl/α,β-unsaturated/α-hetero) is 1. The van der Waals surface area contributed by atoms with E-state index >= 15 is 0 Å². The molecule has 0 amide bonds. The second kappa shape index (κ2) is 4.85. The molecule has 1 nitrogen and oxygen atoms in total. The van der Waals surface area contributed by atoms with Crippen molar-refractivity contribution in [3.8, 4) is 0 Å². The van der Waals surface area contributed by atoms with E-state index in [1.165, 1.54) is 10.5 Å². The lowest BCUT2D eigenvalue weighted by Gasteiger charge is -2.19. The number of benzene rings is 1. The number of hydrogen-bond acceptors (Lipinski definition) is 2. The van der Waals surface area contributed by atoms with E-state index in [0.717, 1.165) is 19.3 Å². The first-order valence-electron chi connectivity index (χ1n) is 6.27. The Balaban J connectivity index is 2.06. The molecule has 2 heteroatoms. The Morgan fingerprint density at radius 1 is 1.18 bits per heavy atom. The second-order valence-electron chi connectivity index (χ2n) is 5.74. The third kappa shape index (κ3) is 3.12. The van der Waals surface area contributed by atoms with Crippen molar-refractivity contribution in [1.29, 1.82) is 0 Å². The average Bonchev–Trinajstić information content (AvgIpc) is 2.64. The Morgan fingerprint density at radius 3 is 2.29 bits per heavy atom. The third-order valence-electron chi connectivity index (χ3n) is 3.25. The third-order valence-corrected chi connectivity index (χ3v) is 4.57. The predicted molar refractivity (Wildman–Crippen MR) is 73.6 cm³/mol. The number of ketones is 1. The lowest BCUT2D eigenvalue weighted by Crippen LogP contribution is -2.11. The summed E-state index contributed by atoms with van der Waals surface area (Å²) >= 11 is 1.73. The van der Waals surface area contributed by atoms with Gasteiger partial charge >= 0.3 is 0 Å². The van der Waals surface area contributed by atoms with Gasteiger partial charge in [-0.15, -0.1) is 11.8 Å². The fraction of sp³-hybridized carbons (Fsp3) is 0.533. The molecule has 0 spiro atoms. The van der Waals surface area contributed by atoms with Crippen LogP contribution >= 0.6 is 11.8 Å². The highest BCUT2D eigenvalue weighted by Gasteiger charge is 2.25. The molecule has 0 aliphatic heterocycles. The van der Waals surface area contributed by atoms with Crippen LogP contribution in [0.2, 0.25) is 0 Å². The van der Waals surface area contributed by atoms with Crippen molar-refractivity contribution >= 4 is 17.5 Å². The Bertz CT molecular complexity index is 400. The van der Waals surface area contributed by atoms with E-state index in [1.54, 1.807) is 11.8 Å². The quantitative estimate of drug-likeness (QED) is 0.780. The Morgan fingerprint density at radius 2 is 1.82 bits per heavy atom. The minimum atomic E-state index is 0.201. The van der Waals surface area contributed by atoms with Crippen molar-refractivity contribution in [3.63, 3.8) is 0 Å². The van der Waals surface area contributed by atoms with Gasteiger partial charge in [0.2, 0.25) is 0 Å². The molecule has 92 valence electrons. The number of carbonyl (C=O) groups is 1. The highest BCUT2D eigenvalue weighted by Crippen LogP contribution is 2.33. The van der Waals surface area contributed by atoms with Gasteiger partial charge in [-0.05, 0) is 36.0 Å². The van der Waals surface area contributed by atoms with Crippen molar-refractivity contribution in [2.45, 2.75) is 55.6 Å². The highest BCUT2D eigenvalue weighted by molar-refractivity contribution is 8.00. The highest BCUT2D eigenvalue weighted by atomic mass is 32.2. The Hall–Kier alpha value is -0.760. The smallest absolute Gasteiger partial charge is 0.146 e. The summed E-state index contributed by atoms with van der Waals surface area (Å²) in [5.74, 6) is 0.426. The monoisotopic (exact) mass is 248 g/mol. The topological polar surface area (TPSA) is 17.1 Å². The summed E-state index contributed by atoms with van der Waals surface area (Å²) in [6.45, 7) is 6.65. The van der Waals surface area contributed by atoms with Crippen LogP contribution in [0, 0.1) is 0 Å². The Labute approximate surface area is 108 Å². The average molecular weight is 248 g/mol. The number of rotatable bonds is 2. The summed E-state index contributed by atoms with van der Waals surface area (Å²) in [4.78, 5) is 12.8. The van der Waals surface area contributed by atoms with E-state index in [0.29, 0.717) is 5.78 Å². The van der Waals surface area contributed by atoms with Gasteiger partial charge in [-0.25, -0.2) is 0 Å². The predicted octanol–water partition coefficient (Wildman–Crippen LogP) is 4.20. The molecular formula is C15H20OS. The zero-order valence-corrected chi connectivity index (χ0v) is 11.6. The molecule has 1 aromatic rings. The minimum absolute atomic E-state index is 0.201. The van der Waals surface area contributed by atoms with Crippen LogP contribution in [-0.4, -0.2) is 11.0 Å². The summed E-state index contributed by atoms with van der Waals surface area (Å²) in [6, 6.07) is 8.66. The van der Waals surface area contributed by atoms with Gasteiger partial charge in [0, 0.05) is 11.3 Å². The standard InChI is InChI=1S/C15H20OS/c1-15(2,3)11-7-9-12(10-8-11)17-14-6-4-5-13(14)16/h7-10,14H,4-6H2,1-3H3. The zero-order valence-electron chi connectivity index (χ0n) is 10.8. The van der Waals surface area contributed by atoms with Gasteiger partial charge in [0.15, 0.2) is 0 Å². The van der Waals surface area contributed by atoms with Crippen LogP contribution in [-0.2, 0) is 10.2 Å². The molecule has 0 bridgehead atoms. The normalized spacial score (nSPS) is 20.9. The SMILES string of the molecule is CC(C)(C)c1ccc(SC2CCCC2=O)cc1. The zero-order chi connectivity index (χ0) is 12.5. The molecule has 1 saturated carbocycles. The van der Waals surface area contributed by atoms with E-state index in [1.807, 2.05) is 0 Å². The molecule has 0 radical (unpaired) electrons. The first-order chi connectivity index (χ1) is 7.97. The van der Waals surface area contributed by atoms with E-state index in [2.05, 4.69) is 45.0 Å². The molecule has 1 fully saturated rings. The van der Waals surface area contributed by atoms with Crippen LogP contribution in [0.15, 0.2) is 29.2 Å². The maximum absolute atomic E-state index is 11.6. The molecule has 1 aliphatic carbocycles. The lowest BCUT2D eigenvalue weighted by atomic mass is 9.87. The summed E-state index contributed by atoms with van der Waals surface area (Å²) in [5.41, 5.74) is 1.55. The molecule has 0 heterocycles. The van der Waals surface area contributed by atoms with E-state index < -0.39 is 0 Å². The summed E-state index contributed by atoms with van der Waals surface area (Å²) < 4.78 is 0. The van der Waals surface area contributed by atoms with E-state index in [-0.39, 0.29) is 10.7 Å². The van der Waals surface area contributed by atoms with E-state index in [9.17, 15) is 4.79 Å². The molecule has 0 N–H and O–H groups in total. The first kappa shape index (κ1) is 12.7. The van der Waals surface area contributed by atoms with Crippen molar-refractivity contribution in [2.24, 2.45) is 0 Å². The van der Waals surface area contributed by atoms with Crippen LogP contribution in [0.4, 0.5) is 0 Å².